The molecule has 4 aromatic rings. The molecule has 4 rings (SSSR count). The third kappa shape index (κ3) is 4.41. The van der Waals surface area contributed by atoms with Crippen LogP contribution in [0.3, 0.4) is 0 Å². The number of aliphatic hydroxyl groups excluding tert-OH is 1. The lowest BCUT2D eigenvalue weighted by atomic mass is 10.1. The molecular formula is C21H21N7O2. The van der Waals surface area contributed by atoms with Crippen molar-refractivity contribution in [2.75, 3.05) is 11.9 Å². The Labute approximate surface area is 172 Å². The summed E-state index contributed by atoms with van der Waals surface area (Å²) in [5, 5.41) is 23.5. The first-order chi connectivity index (χ1) is 14.6. The summed E-state index contributed by atoms with van der Waals surface area (Å²) in [6.45, 7) is 2.02. The van der Waals surface area contributed by atoms with E-state index in [4.69, 9.17) is 0 Å². The maximum Gasteiger partial charge on any atom is 0.229 e. The summed E-state index contributed by atoms with van der Waals surface area (Å²) in [4.78, 5) is 20.0. The van der Waals surface area contributed by atoms with Gasteiger partial charge in [0.2, 0.25) is 11.9 Å². The zero-order valence-corrected chi connectivity index (χ0v) is 16.4. The van der Waals surface area contributed by atoms with Gasteiger partial charge in [-0.15, -0.1) is 5.10 Å². The standard InChI is InChI=1S/C21H21N7O2/c1-14(30)22-12-16-5-2-6-17(10-16)24-21-23-13-19-20(25-21)28(27-26-19)18-7-3-4-15(11-18)8-9-29/h2-7,10-11,13,29H,8-9,12H2,1H3,(H,22,30)(H,23,24,25). The van der Waals surface area contributed by atoms with E-state index in [-0.39, 0.29) is 12.5 Å². The molecule has 0 aliphatic rings. The zero-order valence-electron chi connectivity index (χ0n) is 16.4. The predicted molar refractivity (Wildman–Crippen MR) is 112 cm³/mol. The highest BCUT2D eigenvalue weighted by atomic mass is 16.3. The van der Waals surface area contributed by atoms with E-state index in [9.17, 15) is 9.90 Å². The van der Waals surface area contributed by atoms with Crippen LogP contribution in [0.1, 0.15) is 18.1 Å². The smallest absolute Gasteiger partial charge is 0.229 e. The molecule has 0 saturated heterocycles. The molecule has 9 heteroatoms. The molecule has 0 aliphatic heterocycles. The van der Waals surface area contributed by atoms with E-state index in [1.165, 1.54) is 6.92 Å². The van der Waals surface area contributed by atoms with Crippen molar-refractivity contribution in [1.82, 2.24) is 30.3 Å². The van der Waals surface area contributed by atoms with Gasteiger partial charge < -0.3 is 15.7 Å². The van der Waals surface area contributed by atoms with Crippen LogP contribution in [-0.2, 0) is 17.8 Å². The molecule has 0 aliphatic carbocycles. The van der Waals surface area contributed by atoms with Crippen LogP contribution >= 0.6 is 0 Å². The number of carbonyl (C=O) groups is 1. The number of fused-ring (bicyclic) bond motifs is 1. The van der Waals surface area contributed by atoms with Gasteiger partial charge in [0, 0.05) is 25.8 Å². The fraction of sp³-hybridized carbons (Fsp3) is 0.190. The van der Waals surface area contributed by atoms with Crippen molar-refractivity contribution in [1.29, 1.82) is 0 Å². The number of hydrogen-bond donors (Lipinski definition) is 3. The van der Waals surface area contributed by atoms with Gasteiger partial charge in [-0.1, -0.05) is 29.5 Å². The van der Waals surface area contributed by atoms with Gasteiger partial charge in [-0.05, 0) is 41.8 Å². The Morgan fingerprint density at radius 1 is 1.13 bits per heavy atom. The second-order valence-electron chi connectivity index (χ2n) is 6.78. The molecule has 0 saturated carbocycles. The SMILES string of the molecule is CC(=O)NCc1cccc(Nc2ncc3nnn(-c4cccc(CCO)c4)c3n2)c1. The number of nitrogens with zero attached hydrogens (tertiary/aromatic N) is 5. The van der Waals surface area contributed by atoms with Gasteiger partial charge in [-0.25, -0.2) is 4.98 Å². The average molecular weight is 403 g/mol. The molecule has 3 N–H and O–H groups in total. The number of aliphatic hydroxyl groups is 1. The van der Waals surface area contributed by atoms with Gasteiger partial charge in [-0.2, -0.15) is 9.67 Å². The Morgan fingerprint density at radius 2 is 1.97 bits per heavy atom. The number of benzene rings is 2. The first-order valence-electron chi connectivity index (χ1n) is 9.51. The van der Waals surface area contributed by atoms with E-state index >= 15 is 0 Å². The zero-order chi connectivity index (χ0) is 20.9. The summed E-state index contributed by atoms with van der Waals surface area (Å²) >= 11 is 0. The van der Waals surface area contributed by atoms with E-state index in [0.717, 1.165) is 22.5 Å². The Kier molecular flexibility index (Phi) is 5.62. The highest BCUT2D eigenvalue weighted by molar-refractivity contribution is 5.73. The van der Waals surface area contributed by atoms with E-state index in [2.05, 4.69) is 30.9 Å². The Hall–Kier alpha value is -3.85. The molecule has 0 spiro atoms. The summed E-state index contributed by atoms with van der Waals surface area (Å²) in [6.07, 6.45) is 2.18. The number of aromatic nitrogens is 5. The van der Waals surface area contributed by atoms with Gasteiger partial charge in [0.15, 0.2) is 11.2 Å². The van der Waals surface area contributed by atoms with Gasteiger partial charge in [0.25, 0.3) is 0 Å². The molecule has 2 aromatic heterocycles. The Bertz CT molecular complexity index is 1190. The quantitative estimate of drug-likeness (QED) is 0.433. The predicted octanol–water partition coefficient (Wildman–Crippen LogP) is 2.12. The van der Waals surface area contributed by atoms with Crippen molar-refractivity contribution in [3.63, 3.8) is 0 Å². The van der Waals surface area contributed by atoms with Gasteiger partial charge in [0.1, 0.15) is 0 Å². The lowest BCUT2D eigenvalue weighted by Gasteiger charge is -2.08. The Morgan fingerprint density at radius 3 is 2.80 bits per heavy atom. The van der Waals surface area contributed by atoms with Crippen LogP contribution in [0.5, 0.6) is 0 Å². The van der Waals surface area contributed by atoms with Crippen LogP contribution < -0.4 is 10.6 Å². The van der Waals surface area contributed by atoms with Crippen LogP contribution in [0.4, 0.5) is 11.6 Å². The highest BCUT2D eigenvalue weighted by Crippen LogP contribution is 2.19. The molecule has 0 unspecified atom stereocenters. The number of nitrogens with one attached hydrogen (secondary N) is 2. The van der Waals surface area contributed by atoms with Crippen molar-refractivity contribution >= 4 is 28.7 Å². The Balaban J connectivity index is 1.61. The van der Waals surface area contributed by atoms with Crippen LogP contribution in [-0.4, -0.2) is 42.6 Å². The van der Waals surface area contributed by atoms with Gasteiger partial charge in [-0.3, -0.25) is 4.79 Å². The highest BCUT2D eigenvalue weighted by Gasteiger charge is 2.11. The molecule has 2 aromatic carbocycles. The first kappa shape index (κ1) is 19.5. The van der Waals surface area contributed by atoms with Crippen LogP contribution in [0.15, 0.2) is 54.7 Å². The molecule has 152 valence electrons. The van der Waals surface area contributed by atoms with E-state index in [1.54, 1.807) is 10.9 Å². The number of anilines is 2. The van der Waals surface area contributed by atoms with Crippen LogP contribution in [0, 0.1) is 0 Å². The second kappa shape index (κ2) is 8.66. The fourth-order valence-electron chi connectivity index (χ4n) is 3.05. The van der Waals surface area contributed by atoms with Crippen molar-refractivity contribution in [3.8, 4) is 5.69 Å². The van der Waals surface area contributed by atoms with E-state index in [0.29, 0.717) is 30.1 Å². The van der Waals surface area contributed by atoms with Crippen molar-refractivity contribution in [2.24, 2.45) is 0 Å². The van der Waals surface area contributed by atoms with Gasteiger partial charge in [0.05, 0.1) is 11.9 Å². The monoisotopic (exact) mass is 403 g/mol. The van der Waals surface area contributed by atoms with Crippen LogP contribution in [0.2, 0.25) is 0 Å². The minimum Gasteiger partial charge on any atom is -0.396 e. The normalized spacial score (nSPS) is 10.9. The van der Waals surface area contributed by atoms with Crippen molar-refractivity contribution < 1.29 is 9.90 Å². The minimum absolute atomic E-state index is 0.0778. The van der Waals surface area contributed by atoms with Crippen molar-refractivity contribution in [2.45, 2.75) is 19.9 Å². The molecule has 0 fully saturated rings. The summed E-state index contributed by atoms with van der Waals surface area (Å²) in [5.41, 5.74) is 4.73. The average Bonchev–Trinajstić information content (AvgIpc) is 3.16. The number of hydrogen-bond acceptors (Lipinski definition) is 7. The number of amides is 1. The van der Waals surface area contributed by atoms with E-state index < -0.39 is 0 Å². The summed E-state index contributed by atoms with van der Waals surface area (Å²) in [7, 11) is 0. The summed E-state index contributed by atoms with van der Waals surface area (Å²) in [5.74, 6) is 0.334. The lowest BCUT2D eigenvalue weighted by Crippen LogP contribution is -2.18. The summed E-state index contributed by atoms with van der Waals surface area (Å²) in [6, 6.07) is 15.4. The van der Waals surface area contributed by atoms with Gasteiger partial charge >= 0.3 is 0 Å². The molecule has 30 heavy (non-hydrogen) atoms. The third-order valence-electron chi connectivity index (χ3n) is 4.47. The minimum atomic E-state index is -0.0778. The first-order valence-corrected chi connectivity index (χ1v) is 9.51. The van der Waals surface area contributed by atoms with E-state index in [1.807, 2.05) is 48.5 Å². The number of rotatable bonds is 7. The largest absolute Gasteiger partial charge is 0.396 e. The summed E-state index contributed by atoms with van der Waals surface area (Å²) < 4.78 is 1.65. The second-order valence-corrected chi connectivity index (χ2v) is 6.78. The molecule has 1 amide bonds. The molecule has 2 heterocycles. The van der Waals surface area contributed by atoms with Crippen molar-refractivity contribution in [3.05, 3.63) is 65.9 Å². The number of carbonyl (C=O) groups excluding carboxylic acids is 1. The molecule has 0 bridgehead atoms. The molecule has 9 nitrogen and oxygen atoms in total. The third-order valence-corrected chi connectivity index (χ3v) is 4.47. The maximum atomic E-state index is 11.1. The molecular weight excluding hydrogens is 382 g/mol. The van der Waals surface area contributed by atoms with Crippen LogP contribution in [0.25, 0.3) is 16.9 Å². The lowest BCUT2D eigenvalue weighted by molar-refractivity contribution is -0.119. The topological polar surface area (TPSA) is 118 Å². The maximum absolute atomic E-state index is 11.1. The molecule has 0 radical (unpaired) electrons. The fourth-order valence-corrected chi connectivity index (χ4v) is 3.05. The molecule has 0 atom stereocenters.